The molecule has 3 N–H and O–H groups in total. The van der Waals surface area contributed by atoms with E-state index >= 15 is 0 Å². The van der Waals surface area contributed by atoms with Crippen molar-refractivity contribution in [1.29, 1.82) is 0 Å². The molecule has 0 atom stereocenters. The molecule has 0 aliphatic rings. The van der Waals surface area contributed by atoms with E-state index in [1.807, 2.05) is 6.08 Å². The lowest BCUT2D eigenvalue weighted by Gasteiger charge is -2.02. The van der Waals surface area contributed by atoms with Crippen molar-refractivity contribution in [2.24, 2.45) is 0 Å². The number of hydrogen-bond donors (Lipinski definition) is 3. The highest BCUT2D eigenvalue weighted by Gasteiger charge is 2.03. The molecule has 2 aromatic carbocycles. The van der Waals surface area contributed by atoms with Crippen LogP contribution >= 0.6 is 0 Å². The van der Waals surface area contributed by atoms with E-state index in [0.717, 1.165) is 5.56 Å². The lowest BCUT2D eigenvalue weighted by Crippen LogP contribution is -1.99. The summed E-state index contributed by atoms with van der Waals surface area (Å²) in [5, 5.41) is 27.5. The first kappa shape index (κ1) is 13.7. The topological polar surface area (TPSA) is 77.8 Å². The Morgan fingerprint density at radius 2 is 1.55 bits per heavy atom. The van der Waals surface area contributed by atoms with Crippen LogP contribution in [-0.4, -0.2) is 21.3 Å². The van der Waals surface area contributed by atoms with Crippen LogP contribution < -0.4 is 0 Å². The van der Waals surface area contributed by atoms with Gasteiger partial charge in [-0.1, -0.05) is 30.4 Å². The zero-order valence-corrected chi connectivity index (χ0v) is 10.7. The van der Waals surface area contributed by atoms with Crippen LogP contribution in [0.4, 0.5) is 0 Å². The zero-order chi connectivity index (χ0) is 14.5. The molecule has 4 heteroatoms. The summed E-state index contributed by atoms with van der Waals surface area (Å²) in [5.74, 6) is -0.707. The van der Waals surface area contributed by atoms with Gasteiger partial charge in [0.2, 0.25) is 0 Å². The maximum absolute atomic E-state index is 10.7. The number of benzene rings is 2. The summed E-state index contributed by atoms with van der Waals surface area (Å²) < 4.78 is 0. The Morgan fingerprint density at radius 3 is 2.20 bits per heavy atom. The maximum atomic E-state index is 10.7. The summed E-state index contributed by atoms with van der Waals surface area (Å²) in [7, 11) is 0. The molecule has 0 amide bonds. The van der Waals surface area contributed by atoms with E-state index in [1.54, 1.807) is 42.5 Å². The monoisotopic (exact) mass is 270 g/mol. The van der Waals surface area contributed by atoms with Crippen LogP contribution in [0.5, 0.6) is 11.5 Å². The second kappa shape index (κ2) is 5.93. The highest BCUT2D eigenvalue weighted by atomic mass is 16.4. The summed E-state index contributed by atoms with van der Waals surface area (Å²) in [5.41, 5.74) is 2.16. The van der Waals surface area contributed by atoms with Gasteiger partial charge in [0.25, 0.3) is 0 Å². The molecular formula is C16H14O4. The van der Waals surface area contributed by atoms with E-state index in [0.29, 0.717) is 11.1 Å². The third-order valence-electron chi connectivity index (χ3n) is 2.72. The van der Waals surface area contributed by atoms with Gasteiger partial charge in [-0.05, 0) is 41.0 Å². The predicted molar refractivity (Wildman–Crippen MR) is 76.5 cm³/mol. The number of aromatic hydroxyl groups is 2. The fraction of sp³-hybridized carbons (Fsp3) is 0.0625. The minimum Gasteiger partial charge on any atom is -0.508 e. The number of carboxylic acids is 1. The molecule has 0 heterocycles. The molecular weight excluding hydrogens is 256 g/mol. The van der Waals surface area contributed by atoms with Crippen LogP contribution in [0, 0.1) is 0 Å². The van der Waals surface area contributed by atoms with Crippen molar-refractivity contribution >= 4 is 18.1 Å². The van der Waals surface area contributed by atoms with Gasteiger partial charge in [0.15, 0.2) is 0 Å². The van der Waals surface area contributed by atoms with Crippen LogP contribution in [0.25, 0.3) is 12.2 Å². The normalized spacial score (nSPS) is 10.8. The third-order valence-corrected chi connectivity index (χ3v) is 2.72. The molecule has 0 bridgehead atoms. The van der Waals surface area contributed by atoms with Crippen molar-refractivity contribution in [3.63, 3.8) is 0 Å². The third kappa shape index (κ3) is 3.88. The average Bonchev–Trinajstić information content (AvgIpc) is 2.36. The van der Waals surface area contributed by atoms with Gasteiger partial charge in [-0.2, -0.15) is 0 Å². The van der Waals surface area contributed by atoms with E-state index in [2.05, 4.69) is 0 Å². The lowest BCUT2D eigenvalue weighted by molar-refractivity contribution is -0.136. The Kier molecular flexibility index (Phi) is 4.05. The van der Waals surface area contributed by atoms with Crippen LogP contribution in [0.15, 0.2) is 42.5 Å². The SMILES string of the molecule is O=C(O)Cc1cc(O)cc(C=Cc2ccc(O)cc2)c1. The van der Waals surface area contributed by atoms with E-state index in [4.69, 9.17) is 5.11 Å². The fourth-order valence-electron chi connectivity index (χ4n) is 1.85. The molecule has 0 spiro atoms. The number of carbonyl (C=O) groups is 1. The van der Waals surface area contributed by atoms with Gasteiger partial charge in [0.1, 0.15) is 11.5 Å². The van der Waals surface area contributed by atoms with Crippen molar-refractivity contribution in [2.75, 3.05) is 0 Å². The Morgan fingerprint density at radius 1 is 0.900 bits per heavy atom. The maximum Gasteiger partial charge on any atom is 0.307 e. The zero-order valence-electron chi connectivity index (χ0n) is 10.7. The van der Waals surface area contributed by atoms with Crippen LogP contribution in [0.2, 0.25) is 0 Å². The van der Waals surface area contributed by atoms with Crippen molar-refractivity contribution in [1.82, 2.24) is 0 Å². The van der Waals surface area contributed by atoms with Crippen LogP contribution in [-0.2, 0) is 11.2 Å². The number of hydrogen-bond acceptors (Lipinski definition) is 3. The molecule has 0 saturated carbocycles. The number of phenols is 2. The van der Waals surface area contributed by atoms with Gasteiger partial charge in [-0.25, -0.2) is 0 Å². The summed E-state index contributed by atoms with van der Waals surface area (Å²) in [6.07, 6.45) is 3.46. The second-order valence-electron chi connectivity index (χ2n) is 4.43. The first-order valence-electron chi connectivity index (χ1n) is 6.05. The van der Waals surface area contributed by atoms with Crippen molar-refractivity contribution in [2.45, 2.75) is 6.42 Å². The van der Waals surface area contributed by atoms with Crippen molar-refractivity contribution in [3.8, 4) is 11.5 Å². The number of carboxylic acid groups (broad SMARTS) is 1. The van der Waals surface area contributed by atoms with Crippen molar-refractivity contribution in [3.05, 3.63) is 59.2 Å². The molecule has 0 fully saturated rings. The molecule has 0 unspecified atom stereocenters. The van der Waals surface area contributed by atoms with Gasteiger partial charge in [-0.15, -0.1) is 0 Å². The van der Waals surface area contributed by atoms with Gasteiger partial charge < -0.3 is 15.3 Å². The Balaban J connectivity index is 2.22. The molecule has 2 rings (SSSR count). The van der Waals surface area contributed by atoms with Gasteiger partial charge in [-0.3, -0.25) is 4.79 Å². The summed E-state index contributed by atoms with van der Waals surface area (Å²) in [6.45, 7) is 0. The Labute approximate surface area is 116 Å². The Hall–Kier alpha value is -2.75. The van der Waals surface area contributed by atoms with Crippen molar-refractivity contribution < 1.29 is 20.1 Å². The molecule has 2 aromatic rings. The van der Waals surface area contributed by atoms with E-state index < -0.39 is 5.97 Å². The second-order valence-corrected chi connectivity index (χ2v) is 4.43. The summed E-state index contributed by atoms with van der Waals surface area (Å²) in [6, 6.07) is 11.4. The molecule has 0 saturated heterocycles. The highest BCUT2D eigenvalue weighted by molar-refractivity contribution is 5.73. The Bertz CT molecular complexity index is 642. The molecule has 20 heavy (non-hydrogen) atoms. The smallest absolute Gasteiger partial charge is 0.307 e. The number of rotatable bonds is 4. The van der Waals surface area contributed by atoms with Gasteiger partial charge in [0, 0.05) is 0 Å². The van der Waals surface area contributed by atoms with Crippen LogP contribution in [0.1, 0.15) is 16.7 Å². The van der Waals surface area contributed by atoms with E-state index in [9.17, 15) is 15.0 Å². The molecule has 0 aliphatic heterocycles. The highest BCUT2D eigenvalue weighted by Crippen LogP contribution is 2.19. The van der Waals surface area contributed by atoms with Crippen LogP contribution in [0.3, 0.4) is 0 Å². The molecule has 4 nitrogen and oxygen atoms in total. The number of aliphatic carboxylic acids is 1. The lowest BCUT2D eigenvalue weighted by atomic mass is 10.1. The summed E-state index contributed by atoms with van der Waals surface area (Å²) >= 11 is 0. The molecule has 0 aromatic heterocycles. The first-order valence-corrected chi connectivity index (χ1v) is 6.05. The van der Waals surface area contributed by atoms with Gasteiger partial charge in [0.05, 0.1) is 6.42 Å². The minimum absolute atomic E-state index is 0.0362. The fourth-order valence-corrected chi connectivity index (χ4v) is 1.85. The standard InChI is InChI=1S/C16H14O4/c17-14-5-3-11(4-6-14)1-2-12-7-13(10-16(19)20)9-15(18)8-12/h1-9,17-18H,10H2,(H,19,20). The first-order chi connectivity index (χ1) is 9.52. The van der Waals surface area contributed by atoms with E-state index in [-0.39, 0.29) is 17.9 Å². The largest absolute Gasteiger partial charge is 0.508 e. The molecule has 0 radical (unpaired) electrons. The van der Waals surface area contributed by atoms with E-state index in [1.165, 1.54) is 6.07 Å². The number of phenolic OH excluding ortho intramolecular Hbond substituents is 2. The average molecular weight is 270 g/mol. The minimum atomic E-state index is -0.941. The quantitative estimate of drug-likeness (QED) is 0.746. The molecule has 102 valence electrons. The molecule has 0 aliphatic carbocycles. The van der Waals surface area contributed by atoms with Gasteiger partial charge >= 0.3 is 5.97 Å². The predicted octanol–water partition coefficient (Wildman–Crippen LogP) is 2.90. The summed E-state index contributed by atoms with van der Waals surface area (Å²) in [4.78, 5) is 10.7.